The highest BCUT2D eigenvalue weighted by Gasteiger charge is 2.43. The molecule has 154 valence electrons. The zero-order chi connectivity index (χ0) is 18.9. The van der Waals surface area contributed by atoms with Crippen molar-refractivity contribution in [2.75, 3.05) is 32.7 Å². The topological polar surface area (TPSA) is 52.6 Å². The van der Waals surface area contributed by atoms with Crippen LogP contribution in [0, 0.1) is 0 Å². The average molecular weight is 404 g/mol. The van der Waals surface area contributed by atoms with Gasteiger partial charge in [0, 0.05) is 37.6 Å². The van der Waals surface area contributed by atoms with Gasteiger partial charge in [-0.25, -0.2) is 0 Å². The van der Waals surface area contributed by atoms with Crippen molar-refractivity contribution in [3.63, 3.8) is 0 Å². The molecule has 0 saturated carbocycles. The fourth-order valence-corrected chi connectivity index (χ4v) is 6.73. The minimum Gasteiger partial charge on any atom is -0.339 e. The van der Waals surface area contributed by atoms with Gasteiger partial charge in [0.25, 0.3) is 0 Å². The molecule has 28 heavy (non-hydrogen) atoms. The second-order valence-corrected chi connectivity index (χ2v) is 9.92. The molecule has 0 aromatic carbocycles. The Morgan fingerprint density at radius 3 is 2.79 bits per heavy atom. The summed E-state index contributed by atoms with van der Waals surface area (Å²) in [6.45, 7) is 5.22. The van der Waals surface area contributed by atoms with Gasteiger partial charge in [-0.1, -0.05) is 10.9 Å². The van der Waals surface area contributed by atoms with E-state index < -0.39 is 0 Å². The normalized spacial score (nSPS) is 31.1. The van der Waals surface area contributed by atoms with Crippen LogP contribution in [0.5, 0.6) is 0 Å². The van der Waals surface area contributed by atoms with Crippen molar-refractivity contribution in [1.29, 1.82) is 0 Å². The third-order valence-corrected chi connectivity index (χ3v) is 8.32. The Balaban J connectivity index is 1.21. The number of carbonyl (C=O) groups is 1. The summed E-state index contributed by atoms with van der Waals surface area (Å²) in [5.74, 6) is 0.362. The van der Waals surface area contributed by atoms with E-state index in [4.69, 9.17) is 0 Å². The molecule has 5 rings (SSSR count). The molecule has 0 unspecified atom stereocenters. The van der Waals surface area contributed by atoms with E-state index in [0.717, 1.165) is 25.8 Å². The lowest BCUT2D eigenvalue weighted by Gasteiger charge is -2.40. The van der Waals surface area contributed by atoms with E-state index in [2.05, 4.69) is 24.3 Å². The van der Waals surface area contributed by atoms with Crippen LogP contribution >= 0.6 is 11.5 Å². The lowest BCUT2D eigenvalue weighted by Crippen LogP contribution is -2.51. The van der Waals surface area contributed by atoms with Gasteiger partial charge in [-0.2, -0.15) is 0 Å². The summed E-state index contributed by atoms with van der Waals surface area (Å²) in [4.78, 5) is 22.0. The Bertz CT molecular complexity index is 688. The number of hydrogen-bond donors (Lipinski definition) is 0. The van der Waals surface area contributed by atoms with Crippen molar-refractivity contribution in [3.05, 3.63) is 10.6 Å². The van der Waals surface area contributed by atoms with Gasteiger partial charge in [0.15, 0.2) is 0 Å². The summed E-state index contributed by atoms with van der Waals surface area (Å²) in [5, 5.41) is 4.32. The maximum Gasteiger partial charge on any atom is 0.237 e. The van der Waals surface area contributed by atoms with Crippen LogP contribution in [0.15, 0.2) is 0 Å². The molecule has 1 aromatic rings. The van der Waals surface area contributed by atoms with Gasteiger partial charge < -0.3 is 9.80 Å². The number of aromatic nitrogens is 2. The van der Waals surface area contributed by atoms with E-state index in [9.17, 15) is 4.79 Å². The second-order valence-electron chi connectivity index (χ2n) is 9.14. The highest BCUT2D eigenvalue weighted by atomic mass is 32.1. The third kappa shape index (κ3) is 3.73. The predicted octanol–water partition coefficient (Wildman–Crippen LogP) is 2.86. The van der Waals surface area contributed by atoms with E-state index in [1.165, 1.54) is 75.2 Å². The SMILES string of the molecule is O=C(CN1[C@H]2CC[C@H]1c1snnc1C2)N1CCCC[C@H]1CCN1CCCCC1. The fourth-order valence-electron chi connectivity index (χ4n) is 5.90. The largest absolute Gasteiger partial charge is 0.339 e. The van der Waals surface area contributed by atoms with E-state index in [1.54, 1.807) is 11.5 Å². The van der Waals surface area contributed by atoms with Crippen LogP contribution in [0.3, 0.4) is 0 Å². The Hall–Kier alpha value is -1.05. The molecule has 3 atom stereocenters. The van der Waals surface area contributed by atoms with E-state index >= 15 is 0 Å². The molecule has 7 heteroatoms. The number of hydrogen-bond acceptors (Lipinski definition) is 6. The molecule has 1 amide bonds. The molecule has 0 N–H and O–H groups in total. The van der Waals surface area contributed by atoms with Gasteiger partial charge in [-0.3, -0.25) is 9.69 Å². The first kappa shape index (κ1) is 18.9. The lowest BCUT2D eigenvalue weighted by molar-refractivity contribution is -0.137. The molecule has 0 aliphatic carbocycles. The highest BCUT2D eigenvalue weighted by Crippen LogP contribution is 2.44. The standard InChI is InChI=1S/C21H33N5OS/c27-20(15-26-17-7-8-19(26)21-18(14-17)22-23-28-21)25-12-5-2-6-16(25)9-13-24-10-3-1-4-11-24/h16-17,19H,1-15H2/t16-,17-,19-/m0/s1. The molecule has 4 aliphatic heterocycles. The number of carbonyl (C=O) groups excluding carboxylic acids is 1. The van der Waals surface area contributed by atoms with Crippen LogP contribution in [0.1, 0.15) is 74.4 Å². The number of rotatable bonds is 5. The number of piperidine rings is 2. The Kier molecular flexibility index (Phi) is 5.66. The van der Waals surface area contributed by atoms with Crippen LogP contribution in [0.4, 0.5) is 0 Å². The van der Waals surface area contributed by atoms with Crippen molar-refractivity contribution >= 4 is 17.4 Å². The van der Waals surface area contributed by atoms with Gasteiger partial charge in [0.1, 0.15) is 0 Å². The molecule has 4 aliphatic rings. The summed E-state index contributed by atoms with van der Waals surface area (Å²) in [5.41, 5.74) is 1.19. The zero-order valence-corrected chi connectivity index (χ0v) is 17.7. The highest BCUT2D eigenvalue weighted by molar-refractivity contribution is 7.05. The van der Waals surface area contributed by atoms with E-state index in [1.807, 2.05) is 0 Å². The molecule has 0 radical (unpaired) electrons. The Morgan fingerprint density at radius 2 is 1.89 bits per heavy atom. The molecule has 6 nitrogen and oxygen atoms in total. The van der Waals surface area contributed by atoms with Crippen molar-refractivity contribution in [2.45, 2.75) is 82.3 Å². The van der Waals surface area contributed by atoms with Crippen LogP contribution in [0.2, 0.25) is 0 Å². The van der Waals surface area contributed by atoms with Crippen LogP contribution in [-0.4, -0.2) is 75.0 Å². The van der Waals surface area contributed by atoms with Crippen molar-refractivity contribution in [3.8, 4) is 0 Å². The van der Waals surface area contributed by atoms with Gasteiger partial charge in [0.05, 0.1) is 17.1 Å². The number of likely N-dealkylation sites (tertiary alicyclic amines) is 2. The second kappa shape index (κ2) is 8.36. The summed E-state index contributed by atoms with van der Waals surface area (Å²) in [6, 6.07) is 1.32. The number of fused-ring (bicyclic) bond motifs is 4. The van der Waals surface area contributed by atoms with Gasteiger partial charge in [-0.05, 0) is 76.0 Å². The molecular weight excluding hydrogens is 370 g/mol. The first-order chi connectivity index (χ1) is 13.8. The average Bonchev–Trinajstić information content (AvgIpc) is 3.31. The zero-order valence-electron chi connectivity index (χ0n) is 16.9. The summed E-state index contributed by atoms with van der Waals surface area (Å²) in [6.07, 6.45) is 12.2. The number of nitrogens with zero attached hydrogens (tertiary/aromatic N) is 5. The molecule has 3 fully saturated rings. The maximum absolute atomic E-state index is 13.3. The summed E-state index contributed by atoms with van der Waals surface area (Å²) in [7, 11) is 0. The van der Waals surface area contributed by atoms with Gasteiger partial charge >= 0.3 is 0 Å². The molecule has 1 aromatic heterocycles. The van der Waals surface area contributed by atoms with Gasteiger partial charge in [0.2, 0.25) is 5.91 Å². The van der Waals surface area contributed by atoms with E-state index in [-0.39, 0.29) is 0 Å². The fraction of sp³-hybridized carbons (Fsp3) is 0.857. The molecule has 3 saturated heterocycles. The first-order valence-electron chi connectivity index (χ1n) is 11.4. The minimum atomic E-state index is 0.362. The van der Waals surface area contributed by atoms with Crippen molar-refractivity contribution in [1.82, 2.24) is 24.3 Å². The van der Waals surface area contributed by atoms with Crippen LogP contribution in [0.25, 0.3) is 0 Å². The van der Waals surface area contributed by atoms with Crippen LogP contribution < -0.4 is 0 Å². The molecule has 2 bridgehead atoms. The quantitative estimate of drug-likeness (QED) is 0.757. The summed E-state index contributed by atoms with van der Waals surface area (Å²) < 4.78 is 4.17. The van der Waals surface area contributed by atoms with Crippen molar-refractivity contribution < 1.29 is 4.79 Å². The monoisotopic (exact) mass is 403 g/mol. The number of amides is 1. The maximum atomic E-state index is 13.3. The molecule has 5 heterocycles. The Labute approximate surface area is 172 Å². The minimum absolute atomic E-state index is 0.362. The smallest absolute Gasteiger partial charge is 0.237 e. The van der Waals surface area contributed by atoms with E-state index in [0.29, 0.717) is 30.6 Å². The first-order valence-corrected chi connectivity index (χ1v) is 12.2. The summed E-state index contributed by atoms with van der Waals surface area (Å²) >= 11 is 1.54. The van der Waals surface area contributed by atoms with Crippen molar-refractivity contribution in [2.24, 2.45) is 0 Å². The predicted molar refractivity (Wildman–Crippen MR) is 110 cm³/mol. The van der Waals surface area contributed by atoms with Crippen LogP contribution in [-0.2, 0) is 11.2 Å². The third-order valence-electron chi connectivity index (χ3n) is 7.45. The molecule has 0 spiro atoms. The van der Waals surface area contributed by atoms with Gasteiger partial charge in [-0.15, -0.1) is 5.10 Å². The lowest BCUT2D eigenvalue weighted by atomic mass is 9.98. The molecular formula is C21H33N5OS. The Morgan fingerprint density at radius 1 is 1.04 bits per heavy atom.